The van der Waals surface area contributed by atoms with Crippen LogP contribution in [-0.4, -0.2) is 42.3 Å². The van der Waals surface area contributed by atoms with E-state index in [2.05, 4.69) is 10.0 Å². The van der Waals surface area contributed by atoms with Crippen molar-refractivity contribution < 1.29 is 19.3 Å². The number of hydrogen-bond acceptors (Lipinski definition) is 6. The van der Waals surface area contributed by atoms with Gasteiger partial charge in [-0.1, -0.05) is 65.8 Å². The average molecular weight is 384 g/mol. The van der Waals surface area contributed by atoms with E-state index in [-0.39, 0.29) is 19.8 Å². The molecule has 0 radical (unpaired) electrons. The fraction of sp³-hybridized carbons (Fsp3) is 0.400. The number of aliphatic hydroxyl groups excluding tert-OH is 1. The van der Waals surface area contributed by atoms with Crippen molar-refractivity contribution in [1.29, 1.82) is 0 Å². The lowest BCUT2D eigenvalue weighted by Crippen LogP contribution is -2.62. The Hall–Kier alpha value is -2.45. The van der Waals surface area contributed by atoms with E-state index in [4.69, 9.17) is 25.5 Å². The van der Waals surface area contributed by atoms with Gasteiger partial charge in [0.15, 0.2) is 6.29 Å². The van der Waals surface area contributed by atoms with Crippen molar-refractivity contribution in [3.05, 3.63) is 82.2 Å². The summed E-state index contributed by atoms with van der Waals surface area (Å²) in [5, 5.41) is 13.6. The quantitative estimate of drug-likeness (QED) is 0.411. The second kappa shape index (κ2) is 10.2. The second-order valence-electron chi connectivity index (χ2n) is 6.56. The molecule has 0 aliphatic carbocycles. The van der Waals surface area contributed by atoms with Gasteiger partial charge in [0.25, 0.3) is 0 Å². The van der Waals surface area contributed by atoms with Gasteiger partial charge in [0.2, 0.25) is 0 Å². The Balaban J connectivity index is 1.70. The Bertz CT molecular complexity index is 770. The summed E-state index contributed by atoms with van der Waals surface area (Å²) in [6.45, 7) is 0.260. The predicted octanol–water partition coefficient (Wildman–Crippen LogP) is 2.51. The maximum atomic E-state index is 9.80. The number of nitrogens with zero attached hydrogens (tertiary/aromatic N) is 3. The van der Waals surface area contributed by atoms with Crippen LogP contribution in [0.25, 0.3) is 10.4 Å². The summed E-state index contributed by atoms with van der Waals surface area (Å²) in [6, 6.07) is 17.7. The van der Waals surface area contributed by atoms with Crippen LogP contribution in [0.5, 0.6) is 0 Å². The Labute approximate surface area is 163 Å². The number of ether oxygens (including phenoxy) is 3. The Morgan fingerprint density at radius 2 is 1.57 bits per heavy atom. The monoisotopic (exact) mass is 384 g/mol. The van der Waals surface area contributed by atoms with Crippen LogP contribution in [0.15, 0.2) is 65.8 Å². The van der Waals surface area contributed by atoms with E-state index in [1.54, 1.807) is 0 Å². The lowest BCUT2D eigenvalue weighted by molar-refractivity contribution is -0.255. The number of benzene rings is 2. The van der Waals surface area contributed by atoms with Gasteiger partial charge >= 0.3 is 0 Å². The first-order valence-corrected chi connectivity index (χ1v) is 9.10. The third kappa shape index (κ3) is 5.08. The molecule has 2 aromatic rings. The summed E-state index contributed by atoms with van der Waals surface area (Å²) in [7, 11) is 0. The minimum Gasteiger partial charge on any atom is -0.394 e. The van der Waals surface area contributed by atoms with Gasteiger partial charge in [0.05, 0.1) is 38.0 Å². The maximum absolute atomic E-state index is 9.80. The highest BCUT2D eigenvalue weighted by molar-refractivity contribution is 5.14. The van der Waals surface area contributed by atoms with Crippen molar-refractivity contribution in [2.75, 3.05) is 6.61 Å². The molecule has 5 unspecified atom stereocenters. The second-order valence-corrected chi connectivity index (χ2v) is 6.56. The highest BCUT2D eigenvalue weighted by atomic mass is 16.7. The number of hydrogen-bond donors (Lipinski definition) is 2. The Kier molecular flexibility index (Phi) is 7.39. The molecule has 1 fully saturated rings. The van der Waals surface area contributed by atoms with Gasteiger partial charge in [-0.15, -0.1) is 0 Å². The maximum Gasteiger partial charge on any atom is 0.174 e. The number of aliphatic hydroxyl groups is 1. The molecule has 3 rings (SSSR count). The summed E-state index contributed by atoms with van der Waals surface area (Å²) >= 11 is 0. The Morgan fingerprint density at radius 3 is 2.11 bits per heavy atom. The molecule has 0 aromatic heterocycles. The zero-order valence-electron chi connectivity index (χ0n) is 15.4. The molecule has 28 heavy (non-hydrogen) atoms. The van der Waals surface area contributed by atoms with Gasteiger partial charge in [-0.2, -0.15) is 0 Å². The first kappa shape index (κ1) is 20.3. The van der Waals surface area contributed by atoms with E-state index in [1.807, 2.05) is 60.7 Å². The molecule has 1 aliphatic heterocycles. The third-order valence-corrected chi connectivity index (χ3v) is 4.63. The van der Waals surface area contributed by atoms with Crippen LogP contribution < -0.4 is 5.73 Å². The lowest BCUT2D eigenvalue weighted by Gasteiger charge is -2.43. The fourth-order valence-corrected chi connectivity index (χ4v) is 3.17. The largest absolute Gasteiger partial charge is 0.394 e. The van der Waals surface area contributed by atoms with Crippen molar-refractivity contribution in [2.24, 2.45) is 10.8 Å². The molecule has 3 N–H and O–H groups in total. The highest BCUT2D eigenvalue weighted by Crippen LogP contribution is 2.27. The molecular weight excluding hydrogens is 360 g/mol. The van der Waals surface area contributed by atoms with Crippen molar-refractivity contribution >= 4 is 0 Å². The molecule has 1 heterocycles. The van der Waals surface area contributed by atoms with E-state index in [1.165, 1.54) is 0 Å². The number of azide groups is 1. The normalized spacial score (nSPS) is 27.1. The molecule has 2 aromatic carbocycles. The molecule has 1 aliphatic rings. The van der Waals surface area contributed by atoms with E-state index in [0.717, 1.165) is 11.1 Å². The Morgan fingerprint density at radius 1 is 1.00 bits per heavy atom. The first-order valence-electron chi connectivity index (χ1n) is 9.10. The van der Waals surface area contributed by atoms with Gasteiger partial charge in [-0.05, 0) is 16.7 Å². The van der Waals surface area contributed by atoms with E-state index < -0.39 is 30.6 Å². The fourth-order valence-electron chi connectivity index (χ4n) is 3.17. The van der Waals surface area contributed by atoms with Gasteiger partial charge in [0, 0.05) is 4.91 Å². The summed E-state index contributed by atoms with van der Waals surface area (Å²) in [4.78, 5) is 2.91. The van der Waals surface area contributed by atoms with Crippen LogP contribution in [0.4, 0.5) is 0 Å². The van der Waals surface area contributed by atoms with Crippen LogP contribution in [0.1, 0.15) is 11.1 Å². The number of nitrogens with two attached hydrogens (primary N) is 1. The molecular formula is C20H24N4O4. The molecule has 0 bridgehead atoms. The van der Waals surface area contributed by atoms with E-state index in [0.29, 0.717) is 0 Å². The zero-order valence-corrected chi connectivity index (χ0v) is 15.4. The topological polar surface area (TPSA) is 123 Å². The van der Waals surface area contributed by atoms with Crippen LogP contribution >= 0.6 is 0 Å². The molecule has 5 atom stereocenters. The van der Waals surface area contributed by atoms with E-state index >= 15 is 0 Å². The minimum absolute atomic E-state index is 0.283. The smallest absolute Gasteiger partial charge is 0.174 e. The van der Waals surface area contributed by atoms with Gasteiger partial charge in [-0.25, -0.2) is 0 Å². The minimum atomic E-state index is -0.829. The van der Waals surface area contributed by atoms with Crippen molar-refractivity contribution in [1.82, 2.24) is 0 Å². The summed E-state index contributed by atoms with van der Waals surface area (Å²) in [6.07, 6.45) is -2.24. The lowest BCUT2D eigenvalue weighted by atomic mass is 9.95. The summed E-state index contributed by atoms with van der Waals surface area (Å²) < 4.78 is 17.6. The van der Waals surface area contributed by atoms with Crippen LogP contribution in [0, 0.1) is 0 Å². The molecule has 0 amide bonds. The van der Waals surface area contributed by atoms with Gasteiger partial charge < -0.3 is 25.1 Å². The van der Waals surface area contributed by atoms with Gasteiger partial charge in [-0.3, -0.25) is 0 Å². The first-order chi connectivity index (χ1) is 13.7. The molecule has 0 saturated carbocycles. The van der Waals surface area contributed by atoms with Crippen LogP contribution in [0.3, 0.4) is 0 Å². The molecule has 8 heteroatoms. The van der Waals surface area contributed by atoms with Crippen molar-refractivity contribution in [2.45, 2.75) is 43.8 Å². The van der Waals surface area contributed by atoms with Crippen molar-refractivity contribution in [3.63, 3.8) is 0 Å². The summed E-state index contributed by atoms with van der Waals surface area (Å²) in [5.41, 5.74) is 17.2. The SMILES string of the molecule is [N-]=[N+]=NC1C(N)C(OCc2ccccc2)OC(CO)C1OCc1ccccc1. The molecule has 148 valence electrons. The average Bonchev–Trinajstić information content (AvgIpc) is 2.75. The van der Waals surface area contributed by atoms with Crippen LogP contribution in [-0.2, 0) is 27.4 Å². The van der Waals surface area contributed by atoms with E-state index in [9.17, 15) is 5.11 Å². The predicted molar refractivity (Wildman–Crippen MR) is 103 cm³/mol. The molecule has 0 spiro atoms. The molecule has 1 saturated heterocycles. The summed E-state index contributed by atoms with van der Waals surface area (Å²) in [5.74, 6) is 0. The standard InChI is InChI=1S/C20H24N4O4/c21-17-18(23-24-22)19(26-12-14-7-3-1-4-8-14)16(11-25)28-20(17)27-13-15-9-5-2-6-10-15/h1-10,16-20,25H,11-13,21H2. The third-order valence-electron chi connectivity index (χ3n) is 4.63. The highest BCUT2D eigenvalue weighted by Gasteiger charge is 2.45. The van der Waals surface area contributed by atoms with Gasteiger partial charge in [0.1, 0.15) is 6.10 Å². The van der Waals surface area contributed by atoms with Crippen molar-refractivity contribution in [3.8, 4) is 0 Å². The number of rotatable bonds is 8. The van der Waals surface area contributed by atoms with Crippen LogP contribution in [0.2, 0.25) is 0 Å². The molecule has 8 nitrogen and oxygen atoms in total. The zero-order chi connectivity index (χ0) is 19.8.